The van der Waals surface area contributed by atoms with E-state index in [1.54, 1.807) is 0 Å². The minimum Gasteiger partial charge on any atom is -0.336 e. The number of amides is 2. The molecule has 1 aliphatic heterocycles. The average molecular weight is 417 g/mol. The van der Waals surface area contributed by atoms with Gasteiger partial charge in [0.05, 0.1) is 11.0 Å². The van der Waals surface area contributed by atoms with E-state index in [1.807, 2.05) is 58.0 Å². The SMILES string of the molecule is CC1CCCCN1C(=O)c1ccc(NC(=O)Cn2c(C3CC3)nc3ccccc32)cc1. The summed E-state index contributed by atoms with van der Waals surface area (Å²) in [4.78, 5) is 32.3. The molecule has 1 unspecified atom stereocenters. The third kappa shape index (κ3) is 4.07. The summed E-state index contributed by atoms with van der Waals surface area (Å²) in [6.07, 6.45) is 5.58. The molecule has 5 rings (SSSR count). The van der Waals surface area contributed by atoms with Gasteiger partial charge in [0.1, 0.15) is 12.4 Å². The van der Waals surface area contributed by atoms with Crippen LogP contribution in [-0.4, -0.2) is 38.9 Å². The number of rotatable bonds is 5. The first-order valence-corrected chi connectivity index (χ1v) is 11.3. The van der Waals surface area contributed by atoms with Crippen LogP contribution in [0.25, 0.3) is 11.0 Å². The van der Waals surface area contributed by atoms with Crippen LogP contribution in [0.1, 0.15) is 61.1 Å². The van der Waals surface area contributed by atoms with Gasteiger partial charge in [-0.3, -0.25) is 9.59 Å². The topological polar surface area (TPSA) is 67.2 Å². The predicted octanol–water partition coefficient (Wildman–Crippen LogP) is 4.57. The van der Waals surface area contributed by atoms with Crippen LogP contribution in [0.4, 0.5) is 5.69 Å². The number of piperidine rings is 1. The number of hydrogen-bond donors (Lipinski definition) is 1. The number of aromatic nitrogens is 2. The van der Waals surface area contributed by atoms with Crippen LogP contribution in [0.5, 0.6) is 0 Å². The quantitative estimate of drug-likeness (QED) is 0.663. The van der Waals surface area contributed by atoms with Crippen molar-refractivity contribution >= 4 is 28.5 Å². The van der Waals surface area contributed by atoms with Crippen molar-refractivity contribution in [1.82, 2.24) is 14.5 Å². The van der Waals surface area contributed by atoms with Crippen molar-refractivity contribution in [1.29, 1.82) is 0 Å². The van der Waals surface area contributed by atoms with Gasteiger partial charge in [-0.25, -0.2) is 4.98 Å². The third-order valence-electron chi connectivity index (χ3n) is 6.41. The summed E-state index contributed by atoms with van der Waals surface area (Å²) in [6.45, 7) is 3.17. The van der Waals surface area contributed by atoms with Crippen LogP contribution in [0, 0.1) is 0 Å². The number of carbonyl (C=O) groups is 2. The van der Waals surface area contributed by atoms with Crippen LogP contribution in [0.15, 0.2) is 48.5 Å². The molecule has 2 fully saturated rings. The Morgan fingerprint density at radius 2 is 1.81 bits per heavy atom. The molecular weight excluding hydrogens is 388 g/mol. The van der Waals surface area contributed by atoms with E-state index in [4.69, 9.17) is 4.98 Å². The number of carbonyl (C=O) groups excluding carboxylic acids is 2. The molecule has 1 aromatic heterocycles. The zero-order valence-electron chi connectivity index (χ0n) is 17.9. The summed E-state index contributed by atoms with van der Waals surface area (Å²) in [7, 11) is 0. The molecule has 31 heavy (non-hydrogen) atoms. The standard InChI is InChI=1S/C25H28N4O2/c1-17-6-4-5-15-28(17)25(31)19-11-13-20(14-12-19)26-23(30)16-29-22-8-3-2-7-21(22)27-24(29)18-9-10-18/h2-3,7-8,11-14,17-18H,4-6,9-10,15-16H2,1H3,(H,26,30). The molecule has 1 aliphatic carbocycles. The van der Waals surface area contributed by atoms with E-state index in [1.165, 1.54) is 6.42 Å². The minimum atomic E-state index is -0.0891. The second-order valence-electron chi connectivity index (χ2n) is 8.79. The van der Waals surface area contributed by atoms with Crippen molar-refractivity contribution < 1.29 is 9.59 Å². The highest BCUT2D eigenvalue weighted by atomic mass is 16.2. The molecule has 1 atom stereocenters. The fourth-order valence-corrected chi connectivity index (χ4v) is 4.52. The number of imidazole rings is 1. The number of anilines is 1. The largest absolute Gasteiger partial charge is 0.336 e. The van der Waals surface area contributed by atoms with Crippen LogP contribution in [0.2, 0.25) is 0 Å². The second kappa shape index (κ2) is 8.17. The van der Waals surface area contributed by atoms with E-state index in [2.05, 4.69) is 12.2 Å². The summed E-state index contributed by atoms with van der Waals surface area (Å²) < 4.78 is 2.04. The van der Waals surface area contributed by atoms with Gasteiger partial charge in [-0.15, -0.1) is 0 Å². The monoisotopic (exact) mass is 416 g/mol. The van der Waals surface area contributed by atoms with Gasteiger partial charge < -0.3 is 14.8 Å². The Labute approximate surface area is 182 Å². The highest BCUT2D eigenvalue weighted by Gasteiger charge is 2.30. The molecule has 3 aromatic rings. The van der Waals surface area contributed by atoms with Crippen molar-refractivity contribution in [2.24, 2.45) is 0 Å². The second-order valence-corrected chi connectivity index (χ2v) is 8.79. The van der Waals surface area contributed by atoms with E-state index in [-0.39, 0.29) is 24.4 Å². The third-order valence-corrected chi connectivity index (χ3v) is 6.41. The maximum atomic E-state index is 12.8. The first kappa shape index (κ1) is 19.8. The first-order valence-electron chi connectivity index (χ1n) is 11.3. The smallest absolute Gasteiger partial charge is 0.254 e. The zero-order valence-corrected chi connectivity index (χ0v) is 17.9. The molecule has 160 valence electrons. The number of benzene rings is 2. The summed E-state index contributed by atoms with van der Waals surface area (Å²) in [5.41, 5.74) is 3.30. The molecule has 1 N–H and O–H groups in total. The zero-order chi connectivity index (χ0) is 21.4. The van der Waals surface area contributed by atoms with Gasteiger partial charge in [0.25, 0.3) is 5.91 Å². The lowest BCUT2D eigenvalue weighted by Crippen LogP contribution is -2.42. The highest BCUT2D eigenvalue weighted by molar-refractivity contribution is 5.96. The predicted molar refractivity (Wildman–Crippen MR) is 121 cm³/mol. The van der Waals surface area contributed by atoms with Gasteiger partial charge in [-0.05, 0) is 75.4 Å². The fourth-order valence-electron chi connectivity index (χ4n) is 4.52. The number of nitrogens with zero attached hydrogens (tertiary/aromatic N) is 3. The number of para-hydroxylation sites is 2. The lowest BCUT2D eigenvalue weighted by atomic mass is 10.0. The Morgan fingerprint density at radius 3 is 2.55 bits per heavy atom. The van der Waals surface area contributed by atoms with Gasteiger partial charge in [0.15, 0.2) is 0 Å². The number of likely N-dealkylation sites (tertiary alicyclic amines) is 1. The maximum absolute atomic E-state index is 12.8. The van der Waals surface area contributed by atoms with E-state index < -0.39 is 0 Å². The van der Waals surface area contributed by atoms with Crippen LogP contribution >= 0.6 is 0 Å². The summed E-state index contributed by atoms with van der Waals surface area (Å²) >= 11 is 0. The molecule has 1 saturated heterocycles. The van der Waals surface area contributed by atoms with E-state index in [9.17, 15) is 9.59 Å². The Balaban J connectivity index is 1.28. The molecule has 6 nitrogen and oxygen atoms in total. The Kier molecular flexibility index (Phi) is 5.22. The van der Waals surface area contributed by atoms with Gasteiger partial charge in [0, 0.05) is 29.8 Å². The Hall–Kier alpha value is -3.15. The normalized spacial score (nSPS) is 18.9. The summed E-state index contributed by atoms with van der Waals surface area (Å²) in [5, 5.41) is 2.97. The van der Waals surface area contributed by atoms with E-state index in [0.717, 1.165) is 49.1 Å². The van der Waals surface area contributed by atoms with Crippen LogP contribution in [-0.2, 0) is 11.3 Å². The summed E-state index contributed by atoms with van der Waals surface area (Å²) in [5.74, 6) is 1.45. The molecule has 2 amide bonds. The number of fused-ring (bicyclic) bond motifs is 1. The van der Waals surface area contributed by atoms with Crippen molar-refractivity contribution in [2.75, 3.05) is 11.9 Å². The van der Waals surface area contributed by atoms with Crippen molar-refractivity contribution in [3.63, 3.8) is 0 Å². The molecule has 0 bridgehead atoms. The van der Waals surface area contributed by atoms with Gasteiger partial charge >= 0.3 is 0 Å². The van der Waals surface area contributed by atoms with Gasteiger partial charge in [0.2, 0.25) is 5.91 Å². The van der Waals surface area contributed by atoms with Crippen molar-refractivity contribution in [3.05, 3.63) is 59.9 Å². The number of hydrogen-bond acceptors (Lipinski definition) is 3. The average Bonchev–Trinajstić information content (AvgIpc) is 3.57. The molecule has 2 aromatic carbocycles. The maximum Gasteiger partial charge on any atom is 0.254 e. The van der Waals surface area contributed by atoms with Crippen molar-refractivity contribution in [3.8, 4) is 0 Å². The lowest BCUT2D eigenvalue weighted by Gasteiger charge is -2.33. The highest BCUT2D eigenvalue weighted by Crippen LogP contribution is 2.40. The lowest BCUT2D eigenvalue weighted by molar-refractivity contribution is -0.116. The molecule has 1 saturated carbocycles. The molecule has 0 radical (unpaired) electrons. The molecule has 6 heteroatoms. The molecule has 2 heterocycles. The van der Waals surface area contributed by atoms with Gasteiger partial charge in [-0.1, -0.05) is 12.1 Å². The molecular formula is C25H28N4O2. The van der Waals surface area contributed by atoms with E-state index in [0.29, 0.717) is 17.2 Å². The Morgan fingerprint density at radius 1 is 1.03 bits per heavy atom. The first-order chi connectivity index (χ1) is 15.1. The number of nitrogens with one attached hydrogen (secondary N) is 1. The van der Waals surface area contributed by atoms with Crippen LogP contribution < -0.4 is 5.32 Å². The minimum absolute atomic E-state index is 0.0732. The Bertz CT molecular complexity index is 1110. The molecule has 0 spiro atoms. The fraction of sp³-hybridized carbons (Fsp3) is 0.400. The van der Waals surface area contributed by atoms with E-state index >= 15 is 0 Å². The van der Waals surface area contributed by atoms with Crippen LogP contribution in [0.3, 0.4) is 0 Å². The summed E-state index contributed by atoms with van der Waals surface area (Å²) in [6, 6.07) is 15.5. The van der Waals surface area contributed by atoms with Crippen molar-refractivity contribution in [2.45, 2.75) is 57.5 Å². The molecule has 2 aliphatic rings. The van der Waals surface area contributed by atoms with Gasteiger partial charge in [-0.2, -0.15) is 0 Å².